The summed E-state index contributed by atoms with van der Waals surface area (Å²) in [5.74, 6) is 0.366. The summed E-state index contributed by atoms with van der Waals surface area (Å²) in [5, 5.41) is 2.90. The van der Waals surface area contributed by atoms with Crippen LogP contribution < -0.4 is 5.32 Å². The summed E-state index contributed by atoms with van der Waals surface area (Å²) < 4.78 is 23.4. The lowest BCUT2D eigenvalue weighted by atomic mass is 9.82. The molecule has 1 N–H and O–H groups in total. The number of halogens is 2. The van der Waals surface area contributed by atoms with Crippen LogP contribution in [0.15, 0.2) is 21.5 Å². The van der Waals surface area contributed by atoms with Gasteiger partial charge >= 0.3 is 0 Å². The lowest BCUT2D eigenvalue weighted by molar-refractivity contribution is 0.0895. The first-order valence-electron chi connectivity index (χ1n) is 6.24. The Labute approximate surface area is 131 Å². The van der Waals surface area contributed by atoms with Crippen LogP contribution in [-0.4, -0.2) is 20.4 Å². The zero-order chi connectivity index (χ0) is 15.1. The minimum Gasteiger partial charge on any atom is -0.349 e. The number of amides is 1. The van der Waals surface area contributed by atoms with E-state index in [0.29, 0.717) is 21.5 Å². The number of hydrogen-bond acceptors (Lipinski definition) is 3. The van der Waals surface area contributed by atoms with Crippen LogP contribution in [0.3, 0.4) is 0 Å². The number of benzene rings is 1. The van der Waals surface area contributed by atoms with Gasteiger partial charge in [0.2, 0.25) is 0 Å². The van der Waals surface area contributed by atoms with Crippen molar-refractivity contribution in [1.29, 1.82) is 0 Å². The zero-order valence-corrected chi connectivity index (χ0v) is 14.3. The second kappa shape index (κ2) is 5.66. The molecule has 0 bridgehead atoms. The fourth-order valence-corrected chi connectivity index (χ4v) is 4.49. The van der Waals surface area contributed by atoms with Crippen LogP contribution in [0.25, 0.3) is 0 Å². The summed E-state index contributed by atoms with van der Waals surface area (Å²) in [6.07, 6.45) is 1.92. The smallest absolute Gasteiger partial charge is 0.262 e. The summed E-state index contributed by atoms with van der Waals surface area (Å²) >= 11 is 3.19. The van der Waals surface area contributed by atoms with E-state index in [0.717, 1.165) is 12.8 Å². The molecular formula is C13H15BrClNO3S. The minimum absolute atomic E-state index is 0.0775. The first-order chi connectivity index (χ1) is 9.18. The Hall–Kier alpha value is -0.590. The van der Waals surface area contributed by atoms with Crippen LogP contribution in [-0.2, 0) is 9.05 Å². The first kappa shape index (κ1) is 15.8. The first-order valence-corrected chi connectivity index (χ1v) is 9.34. The third-order valence-electron chi connectivity index (χ3n) is 3.46. The lowest BCUT2D eigenvalue weighted by Crippen LogP contribution is -2.43. The Kier molecular flexibility index (Phi) is 4.47. The monoisotopic (exact) mass is 379 g/mol. The summed E-state index contributed by atoms with van der Waals surface area (Å²) in [5.41, 5.74) is 0.961. The number of carbonyl (C=O) groups excluding carboxylic acids is 1. The Morgan fingerprint density at radius 3 is 2.50 bits per heavy atom. The molecular weight excluding hydrogens is 366 g/mol. The minimum atomic E-state index is -3.90. The lowest BCUT2D eigenvalue weighted by Gasteiger charge is -2.33. The second-order valence-corrected chi connectivity index (χ2v) is 8.62. The maximum absolute atomic E-state index is 12.1. The van der Waals surface area contributed by atoms with Crippen LogP contribution in [0, 0.1) is 12.8 Å². The topological polar surface area (TPSA) is 63.2 Å². The van der Waals surface area contributed by atoms with Crippen molar-refractivity contribution < 1.29 is 13.2 Å². The number of aryl methyl sites for hydroxylation is 1. The molecule has 0 aliphatic heterocycles. The summed E-state index contributed by atoms with van der Waals surface area (Å²) in [6, 6.07) is 3.13. The Morgan fingerprint density at radius 1 is 1.40 bits per heavy atom. The SMILES string of the molecule is Cc1cc(C(=O)NC2CC(C)C2)cc(S(=O)(=O)Cl)c1Br. The molecule has 1 fully saturated rings. The van der Waals surface area contributed by atoms with Gasteiger partial charge in [0.15, 0.2) is 0 Å². The molecule has 0 radical (unpaired) electrons. The average molecular weight is 381 g/mol. The van der Waals surface area contributed by atoms with Gasteiger partial charge in [0.1, 0.15) is 0 Å². The van der Waals surface area contributed by atoms with E-state index in [2.05, 4.69) is 28.2 Å². The van der Waals surface area contributed by atoms with E-state index < -0.39 is 9.05 Å². The van der Waals surface area contributed by atoms with Crippen molar-refractivity contribution in [3.8, 4) is 0 Å². The fourth-order valence-electron chi connectivity index (χ4n) is 2.33. The summed E-state index contributed by atoms with van der Waals surface area (Å²) in [4.78, 5) is 12.1. The van der Waals surface area contributed by atoms with Gasteiger partial charge in [-0.2, -0.15) is 0 Å². The maximum atomic E-state index is 12.1. The van der Waals surface area contributed by atoms with Crippen LogP contribution >= 0.6 is 26.6 Å². The van der Waals surface area contributed by atoms with E-state index in [1.54, 1.807) is 13.0 Å². The molecule has 1 aromatic carbocycles. The molecule has 1 aliphatic carbocycles. The molecule has 2 rings (SSSR count). The van der Waals surface area contributed by atoms with Crippen LogP contribution in [0.4, 0.5) is 0 Å². The number of rotatable bonds is 3. The molecule has 0 unspecified atom stereocenters. The molecule has 110 valence electrons. The highest BCUT2D eigenvalue weighted by molar-refractivity contribution is 9.10. The third kappa shape index (κ3) is 3.35. The van der Waals surface area contributed by atoms with Crippen molar-refractivity contribution in [2.24, 2.45) is 5.92 Å². The summed E-state index contributed by atoms with van der Waals surface area (Å²) in [7, 11) is 1.49. The Morgan fingerprint density at radius 2 is 2.00 bits per heavy atom. The molecule has 0 atom stereocenters. The zero-order valence-electron chi connectivity index (χ0n) is 11.1. The van der Waals surface area contributed by atoms with Gasteiger partial charge in [0.25, 0.3) is 15.0 Å². The van der Waals surface area contributed by atoms with Crippen LogP contribution in [0.2, 0.25) is 0 Å². The fraction of sp³-hybridized carbons (Fsp3) is 0.462. The van der Waals surface area contributed by atoms with Crippen LogP contribution in [0.1, 0.15) is 35.7 Å². The van der Waals surface area contributed by atoms with Gasteiger partial charge in [-0.15, -0.1) is 0 Å². The average Bonchev–Trinajstić information content (AvgIpc) is 2.28. The van der Waals surface area contributed by atoms with E-state index in [4.69, 9.17) is 10.7 Å². The third-order valence-corrected chi connectivity index (χ3v) is 6.12. The molecule has 1 amide bonds. The van der Waals surface area contributed by atoms with Gasteiger partial charge in [0, 0.05) is 26.8 Å². The van der Waals surface area contributed by atoms with Crippen molar-refractivity contribution >= 4 is 41.6 Å². The van der Waals surface area contributed by atoms with Gasteiger partial charge in [-0.25, -0.2) is 8.42 Å². The normalized spacial score (nSPS) is 22.2. The van der Waals surface area contributed by atoms with Crippen molar-refractivity contribution in [3.05, 3.63) is 27.7 Å². The van der Waals surface area contributed by atoms with E-state index in [9.17, 15) is 13.2 Å². The Balaban J connectivity index is 2.28. The molecule has 0 heterocycles. The molecule has 0 aromatic heterocycles. The molecule has 7 heteroatoms. The summed E-state index contributed by atoms with van der Waals surface area (Å²) in [6.45, 7) is 3.85. The molecule has 0 saturated heterocycles. The van der Waals surface area contributed by atoms with Gasteiger partial charge in [-0.05, 0) is 59.3 Å². The Bertz CT molecular complexity index is 654. The van der Waals surface area contributed by atoms with Crippen molar-refractivity contribution in [1.82, 2.24) is 5.32 Å². The highest BCUT2D eigenvalue weighted by Gasteiger charge is 2.27. The van der Waals surface area contributed by atoms with Crippen molar-refractivity contribution in [2.75, 3.05) is 0 Å². The molecule has 0 spiro atoms. The highest BCUT2D eigenvalue weighted by atomic mass is 79.9. The second-order valence-electron chi connectivity index (χ2n) is 5.29. The highest BCUT2D eigenvalue weighted by Crippen LogP contribution is 2.30. The predicted octanol–water partition coefficient (Wildman–Crippen LogP) is 3.21. The van der Waals surface area contributed by atoms with Gasteiger partial charge in [-0.3, -0.25) is 4.79 Å². The quantitative estimate of drug-likeness (QED) is 0.819. The van der Waals surface area contributed by atoms with E-state index in [-0.39, 0.29) is 16.8 Å². The van der Waals surface area contributed by atoms with Gasteiger partial charge < -0.3 is 5.32 Å². The molecule has 1 aromatic rings. The largest absolute Gasteiger partial charge is 0.349 e. The van der Waals surface area contributed by atoms with E-state index in [1.807, 2.05) is 0 Å². The number of carbonyl (C=O) groups is 1. The van der Waals surface area contributed by atoms with E-state index in [1.165, 1.54) is 6.07 Å². The predicted molar refractivity (Wildman–Crippen MR) is 81.6 cm³/mol. The molecule has 4 nitrogen and oxygen atoms in total. The molecule has 1 saturated carbocycles. The maximum Gasteiger partial charge on any atom is 0.262 e. The van der Waals surface area contributed by atoms with Gasteiger partial charge in [0.05, 0.1) is 4.90 Å². The standard InChI is InChI=1S/C13H15BrClNO3S/c1-7-3-10(4-7)16-13(17)9-5-8(2)12(14)11(6-9)20(15,18)19/h5-7,10H,3-4H2,1-2H3,(H,16,17). The van der Waals surface area contributed by atoms with Crippen molar-refractivity contribution in [2.45, 2.75) is 37.6 Å². The molecule has 1 aliphatic rings. The van der Waals surface area contributed by atoms with Gasteiger partial charge in [-0.1, -0.05) is 6.92 Å². The molecule has 20 heavy (non-hydrogen) atoms. The van der Waals surface area contributed by atoms with Crippen LogP contribution in [0.5, 0.6) is 0 Å². The number of nitrogens with one attached hydrogen (secondary N) is 1. The number of hydrogen-bond donors (Lipinski definition) is 1. The van der Waals surface area contributed by atoms with E-state index >= 15 is 0 Å². The van der Waals surface area contributed by atoms with Crippen molar-refractivity contribution in [3.63, 3.8) is 0 Å².